The molecule has 0 aliphatic carbocycles. The summed E-state index contributed by atoms with van der Waals surface area (Å²) < 4.78 is 0. The Kier molecular flexibility index (Phi) is 6.65. The van der Waals surface area contributed by atoms with E-state index in [0.717, 1.165) is 17.3 Å². The molecular weight excluding hydrogens is 254 g/mol. The Labute approximate surface area is 111 Å². The molecule has 3 N–H and O–H groups in total. The normalized spacial score (nSPS) is 14.3. The van der Waals surface area contributed by atoms with E-state index < -0.39 is 12.1 Å². The summed E-state index contributed by atoms with van der Waals surface area (Å²) in [6.07, 6.45) is 0.0236. The van der Waals surface area contributed by atoms with Crippen LogP contribution in [-0.2, 0) is 11.2 Å². The van der Waals surface area contributed by atoms with Crippen LogP contribution in [0.15, 0.2) is 30.3 Å². The molecule has 2 atom stereocenters. The molecule has 1 aromatic rings. The SMILES string of the molecule is N[C@@H](CS)C(=O)SCC(O)Cc1ccccc1. The van der Waals surface area contributed by atoms with Crippen molar-refractivity contribution >= 4 is 29.5 Å². The van der Waals surface area contributed by atoms with E-state index >= 15 is 0 Å². The predicted octanol–water partition coefficient (Wildman–Crippen LogP) is 1.11. The summed E-state index contributed by atoms with van der Waals surface area (Å²) in [6, 6.07) is 9.14. The van der Waals surface area contributed by atoms with Crippen molar-refractivity contribution < 1.29 is 9.90 Å². The number of nitrogens with two attached hydrogens (primary N) is 1. The number of aliphatic hydroxyl groups excluding tert-OH is 1. The van der Waals surface area contributed by atoms with Gasteiger partial charge in [-0.1, -0.05) is 42.1 Å². The highest BCUT2D eigenvalue weighted by Crippen LogP contribution is 2.11. The zero-order valence-corrected chi connectivity index (χ0v) is 11.2. The Morgan fingerprint density at radius 1 is 1.41 bits per heavy atom. The van der Waals surface area contributed by atoms with Crippen LogP contribution < -0.4 is 5.73 Å². The first-order chi connectivity index (χ1) is 8.13. The van der Waals surface area contributed by atoms with Gasteiger partial charge in [0.2, 0.25) is 5.12 Å². The molecule has 3 nitrogen and oxygen atoms in total. The van der Waals surface area contributed by atoms with Gasteiger partial charge >= 0.3 is 0 Å². The van der Waals surface area contributed by atoms with E-state index in [1.807, 2.05) is 30.3 Å². The average molecular weight is 271 g/mol. The average Bonchev–Trinajstić information content (AvgIpc) is 2.36. The lowest BCUT2D eigenvalue weighted by Crippen LogP contribution is -2.31. The molecule has 17 heavy (non-hydrogen) atoms. The monoisotopic (exact) mass is 271 g/mol. The number of thioether (sulfide) groups is 1. The molecule has 0 saturated heterocycles. The number of carbonyl (C=O) groups is 1. The van der Waals surface area contributed by atoms with Crippen molar-refractivity contribution in [2.45, 2.75) is 18.6 Å². The highest BCUT2D eigenvalue weighted by atomic mass is 32.2. The van der Waals surface area contributed by atoms with Crippen LogP contribution in [0.3, 0.4) is 0 Å². The minimum absolute atomic E-state index is 0.118. The molecule has 0 bridgehead atoms. The molecule has 0 fully saturated rings. The minimum atomic E-state index is -0.549. The molecule has 94 valence electrons. The lowest BCUT2D eigenvalue weighted by molar-refractivity contribution is -0.111. The van der Waals surface area contributed by atoms with E-state index in [0.29, 0.717) is 17.9 Å². The summed E-state index contributed by atoms with van der Waals surface area (Å²) in [5.41, 5.74) is 6.59. The molecule has 0 amide bonds. The fourth-order valence-corrected chi connectivity index (χ4v) is 2.37. The van der Waals surface area contributed by atoms with Crippen LogP contribution in [0.5, 0.6) is 0 Å². The van der Waals surface area contributed by atoms with Gasteiger partial charge in [-0.25, -0.2) is 0 Å². The van der Waals surface area contributed by atoms with Gasteiger partial charge in [0.05, 0.1) is 12.1 Å². The number of carbonyl (C=O) groups excluding carboxylic acids is 1. The zero-order chi connectivity index (χ0) is 12.7. The maximum absolute atomic E-state index is 11.4. The number of benzene rings is 1. The molecule has 5 heteroatoms. The Bertz CT molecular complexity index is 346. The highest BCUT2D eigenvalue weighted by molar-refractivity contribution is 8.13. The summed E-state index contributed by atoms with van der Waals surface area (Å²) in [5, 5.41) is 9.65. The lowest BCUT2D eigenvalue weighted by Gasteiger charge is -2.11. The smallest absolute Gasteiger partial charge is 0.206 e. The first-order valence-electron chi connectivity index (χ1n) is 5.38. The number of hydrogen-bond acceptors (Lipinski definition) is 5. The fraction of sp³-hybridized carbons (Fsp3) is 0.417. The fourth-order valence-electron chi connectivity index (χ4n) is 1.30. The van der Waals surface area contributed by atoms with Crippen molar-refractivity contribution in [3.05, 3.63) is 35.9 Å². The molecule has 1 rings (SSSR count). The minimum Gasteiger partial charge on any atom is -0.392 e. The Hall–Kier alpha value is -0.490. The summed E-state index contributed by atoms with van der Waals surface area (Å²) in [7, 11) is 0. The third-order valence-corrected chi connectivity index (χ3v) is 3.76. The van der Waals surface area contributed by atoms with Gasteiger partial charge in [-0.3, -0.25) is 4.79 Å². The van der Waals surface area contributed by atoms with E-state index in [-0.39, 0.29) is 5.12 Å². The van der Waals surface area contributed by atoms with Gasteiger partial charge in [-0.2, -0.15) is 12.6 Å². The van der Waals surface area contributed by atoms with Crippen molar-refractivity contribution in [3.63, 3.8) is 0 Å². The standard InChI is InChI=1S/C12H17NO2S2/c13-11(7-16)12(15)17-8-10(14)6-9-4-2-1-3-5-9/h1-5,10-11,14,16H,6-8,13H2/t10?,11-/m0/s1. The number of hydrogen-bond donors (Lipinski definition) is 3. The van der Waals surface area contributed by atoms with Gasteiger partial charge in [0, 0.05) is 11.5 Å². The largest absolute Gasteiger partial charge is 0.392 e. The van der Waals surface area contributed by atoms with Crippen LogP contribution in [0.25, 0.3) is 0 Å². The second kappa shape index (κ2) is 7.76. The Morgan fingerprint density at radius 2 is 2.06 bits per heavy atom. The van der Waals surface area contributed by atoms with Crippen LogP contribution in [0.2, 0.25) is 0 Å². The number of rotatable bonds is 6. The molecule has 0 spiro atoms. The summed E-state index contributed by atoms with van der Waals surface area (Å²) in [5.74, 6) is 0.704. The summed E-state index contributed by atoms with van der Waals surface area (Å²) in [6.45, 7) is 0. The molecule has 0 aromatic heterocycles. The maximum atomic E-state index is 11.4. The van der Waals surface area contributed by atoms with Crippen molar-refractivity contribution in [2.75, 3.05) is 11.5 Å². The summed E-state index contributed by atoms with van der Waals surface area (Å²) >= 11 is 5.03. The van der Waals surface area contributed by atoms with Gasteiger partial charge in [0.1, 0.15) is 0 Å². The molecule has 1 unspecified atom stereocenters. The first-order valence-corrected chi connectivity index (χ1v) is 7.00. The number of aliphatic hydroxyl groups is 1. The van der Waals surface area contributed by atoms with Crippen molar-refractivity contribution in [1.29, 1.82) is 0 Å². The van der Waals surface area contributed by atoms with Gasteiger partial charge < -0.3 is 10.8 Å². The topological polar surface area (TPSA) is 63.3 Å². The third kappa shape index (κ3) is 5.59. The molecule has 0 aliphatic heterocycles. The zero-order valence-electron chi connectivity index (χ0n) is 9.45. The third-order valence-electron chi connectivity index (χ3n) is 2.23. The van der Waals surface area contributed by atoms with E-state index in [2.05, 4.69) is 12.6 Å². The molecular formula is C12H17NO2S2. The van der Waals surface area contributed by atoms with E-state index in [1.54, 1.807) is 0 Å². The summed E-state index contributed by atoms with van der Waals surface area (Å²) in [4.78, 5) is 11.4. The lowest BCUT2D eigenvalue weighted by atomic mass is 10.1. The number of thiol groups is 1. The van der Waals surface area contributed by atoms with Crippen molar-refractivity contribution in [3.8, 4) is 0 Å². The van der Waals surface area contributed by atoms with Crippen LogP contribution in [0, 0.1) is 0 Å². The maximum Gasteiger partial charge on any atom is 0.206 e. The van der Waals surface area contributed by atoms with Crippen molar-refractivity contribution in [2.24, 2.45) is 5.73 Å². The Morgan fingerprint density at radius 3 is 2.65 bits per heavy atom. The highest BCUT2D eigenvalue weighted by Gasteiger charge is 2.14. The second-order valence-electron chi connectivity index (χ2n) is 3.76. The van der Waals surface area contributed by atoms with Gasteiger partial charge in [-0.15, -0.1) is 0 Å². The molecule has 0 saturated carbocycles. The molecule has 1 aromatic carbocycles. The van der Waals surface area contributed by atoms with Crippen LogP contribution in [-0.4, -0.2) is 33.9 Å². The molecule has 0 aliphatic rings. The second-order valence-corrected chi connectivity index (χ2v) is 5.15. The van der Waals surface area contributed by atoms with E-state index in [1.165, 1.54) is 0 Å². The molecule has 0 radical (unpaired) electrons. The van der Waals surface area contributed by atoms with Crippen LogP contribution in [0.4, 0.5) is 0 Å². The first kappa shape index (κ1) is 14.6. The predicted molar refractivity (Wildman–Crippen MR) is 75.4 cm³/mol. The van der Waals surface area contributed by atoms with Gasteiger partial charge in [0.25, 0.3) is 0 Å². The van der Waals surface area contributed by atoms with Crippen LogP contribution >= 0.6 is 24.4 Å². The van der Waals surface area contributed by atoms with E-state index in [9.17, 15) is 9.90 Å². The van der Waals surface area contributed by atoms with Gasteiger partial charge in [-0.05, 0) is 12.0 Å². The van der Waals surface area contributed by atoms with Crippen molar-refractivity contribution in [1.82, 2.24) is 0 Å². The van der Waals surface area contributed by atoms with E-state index in [4.69, 9.17) is 5.73 Å². The Balaban J connectivity index is 2.31. The molecule has 0 heterocycles. The van der Waals surface area contributed by atoms with Gasteiger partial charge in [0.15, 0.2) is 0 Å². The van der Waals surface area contributed by atoms with Crippen LogP contribution in [0.1, 0.15) is 5.56 Å². The quantitative estimate of drug-likeness (QED) is 0.678.